The zero-order valence-electron chi connectivity index (χ0n) is 8.11. The highest BCUT2D eigenvalue weighted by Gasteiger charge is 1.90. The highest BCUT2D eigenvalue weighted by atomic mass is 79.9. The number of unbranched alkanes of at least 4 members (excludes halogenated alkanes) is 2. The summed E-state index contributed by atoms with van der Waals surface area (Å²) in [6.07, 6.45) is 7.74. The Morgan fingerprint density at radius 1 is 1.25 bits per heavy atom. The van der Waals surface area contributed by atoms with Gasteiger partial charge in [0.05, 0.1) is 12.9 Å². The van der Waals surface area contributed by atoms with Gasteiger partial charge >= 0.3 is 0 Å². The summed E-state index contributed by atoms with van der Waals surface area (Å²) in [5.74, 6) is 0. The SMILES string of the molecule is CCCCO/C=C(\Br)CCCC. The van der Waals surface area contributed by atoms with Crippen molar-refractivity contribution in [2.75, 3.05) is 6.61 Å². The van der Waals surface area contributed by atoms with Gasteiger partial charge in [-0.05, 0) is 19.3 Å². The second-order valence-corrected chi connectivity index (χ2v) is 3.91. The lowest BCUT2D eigenvalue weighted by molar-refractivity contribution is 0.242. The van der Waals surface area contributed by atoms with Gasteiger partial charge in [-0.15, -0.1) is 0 Å². The first kappa shape index (κ1) is 12.0. The van der Waals surface area contributed by atoms with E-state index in [0.717, 1.165) is 19.4 Å². The minimum Gasteiger partial charge on any atom is -0.500 e. The largest absolute Gasteiger partial charge is 0.500 e. The standard InChI is InChI=1S/C10H19BrO/c1-3-5-7-10(11)9-12-8-6-4-2/h9H,3-8H2,1-2H3/b10-9-. The van der Waals surface area contributed by atoms with E-state index in [1.807, 2.05) is 6.26 Å². The number of rotatable bonds is 7. The van der Waals surface area contributed by atoms with Gasteiger partial charge in [-0.3, -0.25) is 0 Å². The molecule has 0 saturated carbocycles. The van der Waals surface area contributed by atoms with Crippen LogP contribution in [-0.2, 0) is 4.74 Å². The quantitative estimate of drug-likeness (QED) is 0.474. The van der Waals surface area contributed by atoms with E-state index in [0.29, 0.717) is 0 Å². The first-order chi connectivity index (χ1) is 5.81. The monoisotopic (exact) mass is 234 g/mol. The molecule has 0 aliphatic heterocycles. The van der Waals surface area contributed by atoms with Gasteiger partial charge in [0.1, 0.15) is 0 Å². The molecule has 0 rings (SSSR count). The Morgan fingerprint density at radius 3 is 2.50 bits per heavy atom. The Hall–Kier alpha value is 0.0200. The fourth-order valence-electron chi connectivity index (χ4n) is 0.782. The predicted octanol–water partition coefficient (Wildman–Crippen LogP) is 4.23. The van der Waals surface area contributed by atoms with Gasteiger partial charge in [0.15, 0.2) is 0 Å². The van der Waals surface area contributed by atoms with E-state index >= 15 is 0 Å². The third-order valence-electron chi connectivity index (χ3n) is 1.60. The minimum atomic E-state index is 0.845. The van der Waals surface area contributed by atoms with Crippen molar-refractivity contribution < 1.29 is 4.74 Å². The number of allylic oxidation sites excluding steroid dienone is 1. The minimum absolute atomic E-state index is 0.845. The predicted molar refractivity (Wildman–Crippen MR) is 57.4 cm³/mol. The summed E-state index contributed by atoms with van der Waals surface area (Å²) in [6, 6.07) is 0. The smallest absolute Gasteiger partial charge is 0.0930 e. The Kier molecular flexibility index (Phi) is 9.13. The Bertz CT molecular complexity index is 121. The summed E-state index contributed by atoms with van der Waals surface area (Å²) in [6.45, 7) is 5.20. The maximum Gasteiger partial charge on any atom is 0.0930 e. The highest BCUT2D eigenvalue weighted by molar-refractivity contribution is 9.11. The van der Waals surface area contributed by atoms with Crippen LogP contribution in [0.5, 0.6) is 0 Å². The third kappa shape index (κ3) is 8.12. The maximum absolute atomic E-state index is 5.32. The van der Waals surface area contributed by atoms with Gasteiger partial charge in [-0.25, -0.2) is 0 Å². The molecule has 0 aliphatic rings. The lowest BCUT2D eigenvalue weighted by Gasteiger charge is -2.00. The van der Waals surface area contributed by atoms with E-state index in [-0.39, 0.29) is 0 Å². The van der Waals surface area contributed by atoms with Crippen molar-refractivity contribution >= 4 is 15.9 Å². The normalized spacial score (nSPS) is 11.8. The summed E-state index contributed by atoms with van der Waals surface area (Å²) >= 11 is 3.47. The van der Waals surface area contributed by atoms with Gasteiger partial charge in [-0.1, -0.05) is 42.6 Å². The third-order valence-corrected chi connectivity index (χ3v) is 2.18. The number of halogens is 1. The molecule has 0 fully saturated rings. The average Bonchev–Trinajstić information content (AvgIpc) is 2.09. The number of hydrogen-bond donors (Lipinski definition) is 0. The van der Waals surface area contributed by atoms with Crippen LogP contribution in [0, 0.1) is 0 Å². The van der Waals surface area contributed by atoms with Crippen LogP contribution in [0.4, 0.5) is 0 Å². The molecule has 0 atom stereocenters. The van der Waals surface area contributed by atoms with E-state index in [9.17, 15) is 0 Å². The molecule has 0 aliphatic carbocycles. The van der Waals surface area contributed by atoms with Gasteiger partial charge in [0, 0.05) is 4.48 Å². The highest BCUT2D eigenvalue weighted by Crippen LogP contribution is 2.13. The van der Waals surface area contributed by atoms with Crippen LogP contribution in [-0.4, -0.2) is 6.61 Å². The number of hydrogen-bond acceptors (Lipinski definition) is 1. The van der Waals surface area contributed by atoms with Crippen molar-refractivity contribution in [2.24, 2.45) is 0 Å². The fourth-order valence-corrected chi connectivity index (χ4v) is 1.19. The van der Waals surface area contributed by atoms with Crippen LogP contribution < -0.4 is 0 Å². The van der Waals surface area contributed by atoms with E-state index in [1.165, 1.54) is 23.7 Å². The van der Waals surface area contributed by atoms with Crippen LogP contribution >= 0.6 is 15.9 Å². The first-order valence-electron chi connectivity index (χ1n) is 4.77. The van der Waals surface area contributed by atoms with Crippen LogP contribution in [0.3, 0.4) is 0 Å². The van der Waals surface area contributed by atoms with Crippen molar-refractivity contribution in [1.29, 1.82) is 0 Å². The lowest BCUT2D eigenvalue weighted by Crippen LogP contribution is -1.86. The van der Waals surface area contributed by atoms with Crippen LogP contribution in [0.2, 0.25) is 0 Å². The maximum atomic E-state index is 5.32. The number of ether oxygens (including phenoxy) is 1. The average molecular weight is 235 g/mol. The van der Waals surface area contributed by atoms with Crippen molar-refractivity contribution in [3.05, 3.63) is 10.7 Å². The fraction of sp³-hybridized carbons (Fsp3) is 0.800. The molecule has 0 radical (unpaired) electrons. The molecule has 0 N–H and O–H groups in total. The summed E-state index contributed by atoms with van der Waals surface area (Å²) in [7, 11) is 0. The molecule has 0 saturated heterocycles. The lowest BCUT2D eigenvalue weighted by atomic mass is 10.2. The Morgan fingerprint density at radius 2 is 1.92 bits per heavy atom. The molecule has 12 heavy (non-hydrogen) atoms. The zero-order valence-corrected chi connectivity index (χ0v) is 9.69. The van der Waals surface area contributed by atoms with Gasteiger partial charge in [0.25, 0.3) is 0 Å². The molecule has 0 spiro atoms. The second-order valence-electron chi connectivity index (χ2n) is 2.89. The van der Waals surface area contributed by atoms with Crippen LogP contribution in [0.1, 0.15) is 46.0 Å². The second kappa shape index (κ2) is 9.11. The molecule has 0 amide bonds. The van der Waals surface area contributed by atoms with Crippen LogP contribution in [0.15, 0.2) is 10.7 Å². The first-order valence-corrected chi connectivity index (χ1v) is 5.56. The summed E-state index contributed by atoms with van der Waals surface area (Å²) in [4.78, 5) is 0. The van der Waals surface area contributed by atoms with E-state index in [1.54, 1.807) is 0 Å². The van der Waals surface area contributed by atoms with E-state index in [4.69, 9.17) is 4.74 Å². The molecular formula is C10H19BrO. The summed E-state index contributed by atoms with van der Waals surface area (Å²) in [5, 5.41) is 0. The van der Waals surface area contributed by atoms with Crippen LogP contribution in [0.25, 0.3) is 0 Å². The van der Waals surface area contributed by atoms with E-state index in [2.05, 4.69) is 29.8 Å². The zero-order chi connectivity index (χ0) is 9.23. The van der Waals surface area contributed by atoms with Crippen molar-refractivity contribution in [3.8, 4) is 0 Å². The molecular weight excluding hydrogens is 216 g/mol. The van der Waals surface area contributed by atoms with Crippen molar-refractivity contribution in [1.82, 2.24) is 0 Å². The van der Waals surface area contributed by atoms with Gasteiger partial charge in [0.2, 0.25) is 0 Å². The molecule has 0 unspecified atom stereocenters. The Labute approximate surface area is 84.3 Å². The van der Waals surface area contributed by atoms with Gasteiger partial charge < -0.3 is 4.74 Å². The van der Waals surface area contributed by atoms with Crippen molar-refractivity contribution in [2.45, 2.75) is 46.0 Å². The molecule has 2 heteroatoms. The molecule has 0 bridgehead atoms. The molecule has 1 nitrogen and oxygen atoms in total. The van der Waals surface area contributed by atoms with E-state index < -0.39 is 0 Å². The summed E-state index contributed by atoms with van der Waals surface area (Å²) < 4.78 is 6.50. The Balaban J connectivity index is 3.28. The van der Waals surface area contributed by atoms with Gasteiger partial charge in [-0.2, -0.15) is 0 Å². The topological polar surface area (TPSA) is 9.23 Å². The molecule has 72 valence electrons. The molecule has 0 aromatic rings. The molecule has 0 aromatic carbocycles. The van der Waals surface area contributed by atoms with Crippen molar-refractivity contribution in [3.63, 3.8) is 0 Å². The molecule has 0 aromatic heterocycles. The molecule has 0 heterocycles. The summed E-state index contributed by atoms with van der Waals surface area (Å²) in [5.41, 5.74) is 0.